The summed E-state index contributed by atoms with van der Waals surface area (Å²) in [7, 11) is 1.97. The molecule has 0 heterocycles. The molecule has 0 aliphatic heterocycles. The van der Waals surface area contributed by atoms with E-state index in [1.165, 1.54) is 6.07 Å². The van der Waals surface area contributed by atoms with Crippen LogP contribution in [0.4, 0.5) is 4.39 Å². The van der Waals surface area contributed by atoms with Crippen molar-refractivity contribution in [3.05, 3.63) is 35.6 Å². The molecule has 0 bridgehead atoms. The van der Waals surface area contributed by atoms with E-state index in [4.69, 9.17) is 0 Å². The van der Waals surface area contributed by atoms with Crippen LogP contribution in [0.25, 0.3) is 0 Å². The summed E-state index contributed by atoms with van der Waals surface area (Å²) >= 11 is 0. The molecule has 0 aliphatic rings. The van der Waals surface area contributed by atoms with Crippen molar-refractivity contribution < 1.29 is 9.18 Å². The minimum atomic E-state index is -0.165. The van der Waals surface area contributed by atoms with Crippen LogP contribution in [0, 0.1) is 5.82 Å². The summed E-state index contributed by atoms with van der Waals surface area (Å²) in [6, 6.07) is 6.88. The highest BCUT2D eigenvalue weighted by molar-refractivity contribution is 5.77. The summed E-state index contributed by atoms with van der Waals surface area (Å²) < 4.78 is 13.6. The molecule has 1 aromatic carbocycles. The van der Waals surface area contributed by atoms with Gasteiger partial charge in [-0.1, -0.05) is 25.1 Å². The van der Waals surface area contributed by atoms with Gasteiger partial charge in [0, 0.05) is 24.4 Å². The second-order valence-corrected chi connectivity index (χ2v) is 4.67. The zero-order valence-electron chi connectivity index (χ0n) is 11.4. The number of carbonyl (C=O) groups excluding carboxylic acids is 1. The average Bonchev–Trinajstić information content (AvgIpc) is 2.38. The Kier molecular flexibility index (Phi) is 5.99. The maximum atomic E-state index is 13.6. The predicted octanol–water partition coefficient (Wildman–Crippen LogP) is 3.58. The van der Waals surface area contributed by atoms with Crippen LogP contribution in [0.2, 0.25) is 0 Å². The number of hydrogen-bond donors (Lipinski definition) is 0. The Labute approximate surface area is 109 Å². The van der Waals surface area contributed by atoms with Crippen LogP contribution in [0.3, 0.4) is 0 Å². The zero-order valence-corrected chi connectivity index (χ0v) is 11.4. The number of carbonyl (C=O) groups is 1. The van der Waals surface area contributed by atoms with Crippen molar-refractivity contribution in [3.8, 4) is 0 Å². The summed E-state index contributed by atoms with van der Waals surface area (Å²) in [4.78, 5) is 13.3. The van der Waals surface area contributed by atoms with E-state index in [1.807, 2.05) is 33.0 Å². The Bertz CT molecular complexity index is 392. The number of rotatable bonds is 7. The highest BCUT2D eigenvalue weighted by Gasteiger charge is 2.14. The molecule has 0 amide bonds. The Morgan fingerprint density at radius 2 is 2.06 bits per heavy atom. The van der Waals surface area contributed by atoms with Gasteiger partial charge in [-0.05, 0) is 33.0 Å². The second kappa shape index (κ2) is 7.27. The standard InChI is InChI=1S/C15H22FNO/c1-4-13(18)8-7-11-17(3)12(2)14-9-5-6-10-15(14)16/h5-6,9-10,12H,4,7-8,11H2,1-3H3. The summed E-state index contributed by atoms with van der Waals surface area (Å²) in [5.74, 6) is 0.128. The maximum Gasteiger partial charge on any atom is 0.132 e. The Balaban J connectivity index is 2.49. The fraction of sp³-hybridized carbons (Fsp3) is 0.533. The molecule has 0 saturated heterocycles. The minimum Gasteiger partial charge on any atom is -0.300 e. The van der Waals surface area contributed by atoms with Crippen molar-refractivity contribution in [1.29, 1.82) is 0 Å². The summed E-state index contributed by atoms with van der Waals surface area (Å²) in [6.45, 7) is 4.68. The fourth-order valence-electron chi connectivity index (χ4n) is 1.95. The molecule has 0 aliphatic carbocycles. The van der Waals surface area contributed by atoms with Crippen molar-refractivity contribution in [1.82, 2.24) is 4.90 Å². The number of halogens is 1. The monoisotopic (exact) mass is 251 g/mol. The van der Waals surface area contributed by atoms with Crippen LogP contribution in [0.5, 0.6) is 0 Å². The molecule has 0 fully saturated rings. The Morgan fingerprint density at radius 3 is 2.67 bits per heavy atom. The largest absolute Gasteiger partial charge is 0.300 e. The Morgan fingerprint density at radius 1 is 1.39 bits per heavy atom. The van der Waals surface area contributed by atoms with E-state index in [-0.39, 0.29) is 11.9 Å². The first-order valence-corrected chi connectivity index (χ1v) is 6.52. The number of nitrogens with zero attached hydrogens (tertiary/aromatic N) is 1. The summed E-state index contributed by atoms with van der Waals surface area (Å²) in [5.41, 5.74) is 0.710. The van der Waals surface area contributed by atoms with E-state index in [0.29, 0.717) is 24.2 Å². The van der Waals surface area contributed by atoms with Gasteiger partial charge in [0.2, 0.25) is 0 Å². The minimum absolute atomic E-state index is 0.0305. The molecule has 0 N–H and O–H groups in total. The van der Waals surface area contributed by atoms with Gasteiger partial charge in [-0.15, -0.1) is 0 Å². The van der Waals surface area contributed by atoms with Crippen molar-refractivity contribution in [2.75, 3.05) is 13.6 Å². The van der Waals surface area contributed by atoms with Crippen molar-refractivity contribution >= 4 is 5.78 Å². The van der Waals surface area contributed by atoms with Crippen molar-refractivity contribution in [2.45, 2.75) is 39.2 Å². The van der Waals surface area contributed by atoms with E-state index in [1.54, 1.807) is 6.07 Å². The second-order valence-electron chi connectivity index (χ2n) is 4.67. The van der Waals surface area contributed by atoms with Gasteiger partial charge in [-0.2, -0.15) is 0 Å². The molecular formula is C15H22FNO. The lowest BCUT2D eigenvalue weighted by Crippen LogP contribution is -2.24. The van der Waals surface area contributed by atoms with Crippen molar-refractivity contribution in [2.24, 2.45) is 0 Å². The average molecular weight is 251 g/mol. The SMILES string of the molecule is CCC(=O)CCCN(C)C(C)c1ccccc1F. The molecule has 1 rings (SSSR count). The van der Waals surface area contributed by atoms with Gasteiger partial charge >= 0.3 is 0 Å². The van der Waals surface area contributed by atoms with E-state index in [9.17, 15) is 9.18 Å². The quantitative estimate of drug-likeness (QED) is 0.738. The van der Waals surface area contributed by atoms with E-state index in [2.05, 4.69) is 4.90 Å². The lowest BCUT2D eigenvalue weighted by atomic mass is 10.1. The molecule has 3 heteroatoms. The summed E-state index contributed by atoms with van der Waals surface area (Å²) in [6.07, 6.45) is 2.05. The molecular weight excluding hydrogens is 229 g/mol. The molecule has 1 aromatic rings. The van der Waals surface area contributed by atoms with Crippen LogP contribution in [0.1, 0.15) is 44.7 Å². The first kappa shape index (κ1) is 14.8. The van der Waals surface area contributed by atoms with Crippen LogP contribution in [-0.2, 0) is 4.79 Å². The van der Waals surface area contributed by atoms with Gasteiger partial charge < -0.3 is 0 Å². The third-order valence-corrected chi connectivity index (χ3v) is 3.38. The van der Waals surface area contributed by atoms with Crippen LogP contribution in [-0.4, -0.2) is 24.3 Å². The molecule has 1 unspecified atom stereocenters. The Hall–Kier alpha value is -1.22. The molecule has 2 nitrogen and oxygen atoms in total. The van der Waals surface area contributed by atoms with Crippen molar-refractivity contribution in [3.63, 3.8) is 0 Å². The van der Waals surface area contributed by atoms with E-state index < -0.39 is 0 Å². The van der Waals surface area contributed by atoms with Crippen LogP contribution in [0.15, 0.2) is 24.3 Å². The van der Waals surface area contributed by atoms with E-state index in [0.717, 1.165) is 13.0 Å². The smallest absolute Gasteiger partial charge is 0.132 e. The molecule has 0 aromatic heterocycles. The lowest BCUT2D eigenvalue weighted by Gasteiger charge is -2.25. The van der Waals surface area contributed by atoms with E-state index >= 15 is 0 Å². The fourth-order valence-corrected chi connectivity index (χ4v) is 1.95. The van der Waals surface area contributed by atoms with Crippen LogP contribution >= 0.6 is 0 Å². The molecule has 100 valence electrons. The summed E-state index contributed by atoms with van der Waals surface area (Å²) in [5, 5.41) is 0. The maximum absolute atomic E-state index is 13.6. The molecule has 0 saturated carbocycles. The van der Waals surface area contributed by atoms with Gasteiger partial charge in [0.1, 0.15) is 11.6 Å². The number of Topliss-reactive ketones (excluding diaryl/α,β-unsaturated/α-hetero) is 1. The first-order valence-electron chi connectivity index (χ1n) is 6.52. The normalized spacial score (nSPS) is 12.7. The van der Waals surface area contributed by atoms with Crippen LogP contribution < -0.4 is 0 Å². The highest BCUT2D eigenvalue weighted by Crippen LogP contribution is 2.21. The third kappa shape index (κ3) is 4.22. The zero-order chi connectivity index (χ0) is 13.5. The number of benzene rings is 1. The molecule has 18 heavy (non-hydrogen) atoms. The lowest BCUT2D eigenvalue weighted by molar-refractivity contribution is -0.118. The van der Waals surface area contributed by atoms with Gasteiger partial charge in [-0.3, -0.25) is 9.69 Å². The van der Waals surface area contributed by atoms with Gasteiger partial charge in [-0.25, -0.2) is 4.39 Å². The van der Waals surface area contributed by atoms with Gasteiger partial charge in [0.05, 0.1) is 0 Å². The highest BCUT2D eigenvalue weighted by atomic mass is 19.1. The third-order valence-electron chi connectivity index (χ3n) is 3.38. The first-order chi connectivity index (χ1) is 8.56. The van der Waals surface area contributed by atoms with Gasteiger partial charge in [0.25, 0.3) is 0 Å². The molecule has 1 atom stereocenters. The number of ketones is 1. The topological polar surface area (TPSA) is 20.3 Å². The molecule has 0 radical (unpaired) electrons. The van der Waals surface area contributed by atoms with Gasteiger partial charge in [0.15, 0.2) is 0 Å². The number of hydrogen-bond acceptors (Lipinski definition) is 2. The predicted molar refractivity (Wildman–Crippen MR) is 72.0 cm³/mol. The molecule has 0 spiro atoms.